The first-order valence-electron chi connectivity index (χ1n) is 5.18. The van der Waals surface area contributed by atoms with Crippen LogP contribution in [0.25, 0.3) is 0 Å². The molecule has 0 unspecified atom stereocenters. The fourth-order valence-electron chi connectivity index (χ4n) is 1.44. The van der Waals surface area contributed by atoms with Crippen molar-refractivity contribution in [1.82, 2.24) is 9.97 Å². The lowest BCUT2D eigenvalue weighted by molar-refractivity contribution is 0.102. The van der Waals surface area contributed by atoms with Gasteiger partial charge >= 0.3 is 0 Å². The van der Waals surface area contributed by atoms with E-state index in [0.717, 1.165) is 10.0 Å². The summed E-state index contributed by atoms with van der Waals surface area (Å²) in [6, 6.07) is 3.13. The summed E-state index contributed by atoms with van der Waals surface area (Å²) in [7, 11) is 0. The second-order valence-corrected chi connectivity index (χ2v) is 4.61. The molecule has 0 aliphatic carbocycles. The van der Waals surface area contributed by atoms with Gasteiger partial charge in [-0.05, 0) is 34.5 Å². The second kappa shape index (κ2) is 5.14. The molecule has 0 radical (unpaired) electrons. The van der Waals surface area contributed by atoms with E-state index in [1.54, 1.807) is 6.20 Å². The number of carbonyl (C=O) groups excluding carboxylic acids is 1. The van der Waals surface area contributed by atoms with Gasteiger partial charge in [-0.3, -0.25) is 9.59 Å². The molecule has 0 aromatic carbocycles. The number of pyridine rings is 2. The first-order chi connectivity index (χ1) is 8.58. The lowest BCUT2D eigenvalue weighted by Crippen LogP contribution is -2.21. The van der Waals surface area contributed by atoms with Crippen LogP contribution in [0.4, 0.5) is 5.82 Å². The average Bonchev–Trinajstić information content (AvgIpc) is 2.33. The molecule has 0 atom stereocenters. The maximum Gasteiger partial charge on any atom is 0.262 e. The van der Waals surface area contributed by atoms with Crippen LogP contribution in [0.15, 0.2) is 40.0 Å². The third-order valence-electron chi connectivity index (χ3n) is 2.35. The van der Waals surface area contributed by atoms with Gasteiger partial charge in [-0.2, -0.15) is 0 Å². The summed E-state index contributed by atoms with van der Waals surface area (Å²) in [5, 5.41) is 2.60. The number of hydrogen-bond donors (Lipinski definition) is 2. The van der Waals surface area contributed by atoms with Gasteiger partial charge in [-0.15, -0.1) is 0 Å². The lowest BCUT2D eigenvalue weighted by Gasteiger charge is -2.06. The monoisotopic (exact) mass is 307 g/mol. The zero-order valence-corrected chi connectivity index (χ0v) is 11.1. The van der Waals surface area contributed by atoms with Crippen LogP contribution in [0.2, 0.25) is 0 Å². The van der Waals surface area contributed by atoms with Crippen molar-refractivity contribution in [3.8, 4) is 0 Å². The number of hydrogen-bond acceptors (Lipinski definition) is 3. The van der Waals surface area contributed by atoms with E-state index < -0.39 is 5.91 Å². The Morgan fingerprint density at radius 2 is 2.28 bits per heavy atom. The number of H-pyrrole nitrogens is 1. The fourth-order valence-corrected chi connectivity index (χ4v) is 1.89. The third kappa shape index (κ3) is 2.65. The molecule has 2 aromatic rings. The maximum absolute atomic E-state index is 11.9. The molecule has 2 N–H and O–H groups in total. The molecule has 6 heteroatoms. The molecular formula is C12H10BrN3O2. The summed E-state index contributed by atoms with van der Waals surface area (Å²) < 4.78 is 0.829. The van der Waals surface area contributed by atoms with Crippen molar-refractivity contribution in [2.24, 2.45) is 0 Å². The Morgan fingerprint density at radius 1 is 1.50 bits per heavy atom. The van der Waals surface area contributed by atoms with E-state index in [1.807, 2.05) is 13.0 Å². The van der Waals surface area contributed by atoms with Crippen LogP contribution in [0.3, 0.4) is 0 Å². The number of halogens is 1. The summed E-state index contributed by atoms with van der Waals surface area (Å²) in [6.45, 7) is 1.82. The van der Waals surface area contributed by atoms with Gasteiger partial charge in [0.25, 0.3) is 5.91 Å². The van der Waals surface area contributed by atoms with E-state index in [4.69, 9.17) is 0 Å². The summed E-state index contributed by atoms with van der Waals surface area (Å²) in [5.74, 6) is -0.0405. The van der Waals surface area contributed by atoms with E-state index in [2.05, 4.69) is 31.2 Å². The van der Waals surface area contributed by atoms with Crippen molar-refractivity contribution >= 4 is 27.7 Å². The molecule has 18 heavy (non-hydrogen) atoms. The largest absolute Gasteiger partial charge is 0.367 e. The van der Waals surface area contributed by atoms with Crippen molar-refractivity contribution in [1.29, 1.82) is 0 Å². The Hall–Kier alpha value is -1.95. The quantitative estimate of drug-likeness (QED) is 0.892. The molecule has 0 aliphatic rings. The van der Waals surface area contributed by atoms with Gasteiger partial charge in [0.05, 0.1) is 0 Å². The second-order valence-electron chi connectivity index (χ2n) is 3.70. The van der Waals surface area contributed by atoms with Crippen LogP contribution in [-0.2, 0) is 0 Å². The lowest BCUT2D eigenvalue weighted by atomic mass is 10.2. The predicted molar refractivity (Wildman–Crippen MR) is 71.7 cm³/mol. The molecular weight excluding hydrogens is 298 g/mol. The van der Waals surface area contributed by atoms with Crippen molar-refractivity contribution in [3.63, 3.8) is 0 Å². The van der Waals surface area contributed by atoms with Gasteiger partial charge in [-0.25, -0.2) is 4.98 Å². The number of aryl methyl sites for hydroxylation is 1. The summed E-state index contributed by atoms with van der Waals surface area (Å²) in [4.78, 5) is 30.2. The minimum Gasteiger partial charge on any atom is -0.367 e. The highest BCUT2D eigenvalue weighted by molar-refractivity contribution is 9.10. The minimum atomic E-state index is -0.477. The number of aromatic amines is 1. The minimum absolute atomic E-state index is 0.0571. The molecule has 92 valence electrons. The number of nitrogens with one attached hydrogen (secondary N) is 2. The zero-order valence-electron chi connectivity index (χ0n) is 9.53. The molecule has 0 aliphatic heterocycles. The highest BCUT2D eigenvalue weighted by Gasteiger charge is 2.11. The summed E-state index contributed by atoms with van der Waals surface area (Å²) >= 11 is 3.29. The summed E-state index contributed by atoms with van der Waals surface area (Å²) in [6.07, 6.45) is 4.42. The molecule has 0 bridgehead atoms. The molecule has 0 fully saturated rings. The van der Waals surface area contributed by atoms with E-state index in [0.29, 0.717) is 5.82 Å². The maximum atomic E-state index is 11.9. The number of aromatic nitrogens is 2. The highest BCUT2D eigenvalue weighted by Crippen LogP contribution is 2.16. The third-order valence-corrected chi connectivity index (χ3v) is 2.78. The molecule has 2 heterocycles. The number of rotatable bonds is 2. The average molecular weight is 308 g/mol. The van der Waals surface area contributed by atoms with E-state index >= 15 is 0 Å². The topological polar surface area (TPSA) is 74.8 Å². The van der Waals surface area contributed by atoms with Crippen molar-refractivity contribution in [3.05, 3.63) is 56.5 Å². The van der Waals surface area contributed by atoms with Crippen molar-refractivity contribution in [2.45, 2.75) is 6.92 Å². The fraction of sp³-hybridized carbons (Fsp3) is 0.0833. The van der Waals surface area contributed by atoms with Crippen molar-refractivity contribution in [2.75, 3.05) is 5.32 Å². The van der Waals surface area contributed by atoms with Crippen LogP contribution >= 0.6 is 15.9 Å². The Balaban J connectivity index is 2.27. The van der Waals surface area contributed by atoms with Crippen LogP contribution < -0.4 is 10.7 Å². The predicted octanol–water partition coefficient (Wildman–Crippen LogP) is 2.09. The normalized spacial score (nSPS) is 10.1. The molecule has 1 amide bonds. The summed E-state index contributed by atoms with van der Waals surface area (Å²) in [5.41, 5.74) is 0.535. The van der Waals surface area contributed by atoms with Crippen LogP contribution in [0.5, 0.6) is 0 Å². The Kier molecular flexibility index (Phi) is 3.57. The van der Waals surface area contributed by atoms with Gasteiger partial charge in [0.2, 0.25) is 0 Å². The smallest absolute Gasteiger partial charge is 0.262 e. The Bertz CT molecular complexity index is 652. The SMILES string of the molecule is Cc1cc(Br)cnc1NC(=O)c1c[nH]ccc1=O. The molecule has 0 saturated carbocycles. The van der Waals surface area contributed by atoms with E-state index in [9.17, 15) is 9.59 Å². The van der Waals surface area contributed by atoms with Crippen molar-refractivity contribution < 1.29 is 4.79 Å². The molecule has 0 spiro atoms. The van der Waals surface area contributed by atoms with Crippen LogP contribution in [0, 0.1) is 6.92 Å². The Morgan fingerprint density at radius 3 is 2.94 bits per heavy atom. The van der Waals surface area contributed by atoms with Crippen LogP contribution in [0.1, 0.15) is 15.9 Å². The standard InChI is InChI=1S/C12H10BrN3O2/c1-7-4-8(13)5-15-11(7)16-12(18)9-6-14-3-2-10(9)17/h2-6H,1H3,(H,14,17)(H,15,16,18). The number of amides is 1. The Labute approximate surface area is 111 Å². The zero-order chi connectivity index (χ0) is 13.1. The molecule has 5 nitrogen and oxygen atoms in total. The van der Waals surface area contributed by atoms with Gasteiger partial charge in [-0.1, -0.05) is 0 Å². The van der Waals surface area contributed by atoms with E-state index in [1.165, 1.54) is 18.5 Å². The number of nitrogens with zero attached hydrogens (tertiary/aromatic N) is 1. The first-order valence-corrected chi connectivity index (χ1v) is 5.98. The number of anilines is 1. The highest BCUT2D eigenvalue weighted by atomic mass is 79.9. The molecule has 2 aromatic heterocycles. The van der Waals surface area contributed by atoms with Gasteiger partial charge < -0.3 is 10.3 Å². The van der Waals surface area contributed by atoms with Crippen LogP contribution in [-0.4, -0.2) is 15.9 Å². The molecule has 2 rings (SSSR count). The molecule has 0 saturated heterocycles. The van der Waals surface area contributed by atoms with Gasteiger partial charge in [0.15, 0.2) is 5.43 Å². The number of carbonyl (C=O) groups is 1. The van der Waals surface area contributed by atoms with Gasteiger partial charge in [0.1, 0.15) is 11.4 Å². The van der Waals surface area contributed by atoms with E-state index in [-0.39, 0.29) is 11.0 Å². The first kappa shape index (κ1) is 12.5. The van der Waals surface area contributed by atoms with Gasteiger partial charge in [0, 0.05) is 29.1 Å².